The topological polar surface area (TPSA) is 64.1 Å². The monoisotopic (exact) mass is 219 g/mol. The van der Waals surface area contributed by atoms with E-state index in [1.165, 1.54) is 11.1 Å². The first kappa shape index (κ1) is 11.4. The lowest BCUT2D eigenvalue weighted by molar-refractivity contribution is 0.302. The van der Waals surface area contributed by atoms with Crippen LogP contribution in [-0.2, 0) is 0 Å². The van der Waals surface area contributed by atoms with E-state index in [2.05, 4.69) is 31.3 Å². The van der Waals surface area contributed by atoms with E-state index in [1.807, 2.05) is 6.07 Å². The third-order valence-corrected chi connectivity index (χ3v) is 3.57. The molecule has 3 unspecified atom stereocenters. The second-order valence-corrected chi connectivity index (χ2v) is 4.87. The molecule has 1 heterocycles. The van der Waals surface area contributed by atoms with Crippen molar-refractivity contribution < 1.29 is 0 Å². The summed E-state index contributed by atoms with van der Waals surface area (Å²) in [4.78, 5) is 0. The van der Waals surface area contributed by atoms with E-state index < -0.39 is 0 Å². The van der Waals surface area contributed by atoms with Crippen LogP contribution in [0.5, 0.6) is 0 Å². The molecule has 3 atom stereocenters. The summed E-state index contributed by atoms with van der Waals surface area (Å²) < 4.78 is 0. The molecule has 0 aromatic heterocycles. The lowest BCUT2D eigenvalue weighted by Gasteiger charge is -2.34. The molecule has 0 amide bonds. The highest BCUT2D eigenvalue weighted by Crippen LogP contribution is 2.28. The Balaban J connectivity index is 2.21. The number of anilines is 1. The van der Waals surface area contributed by atoms with E-state index in [1.54, 1.807) is 0 Å². The van der Waals surface area contributed by atoms with Crippen molar-refractivity contribution in [2.45, 2.75) is 44.8 Å². The standard InChI is InChI=1S/C13H21N3/c1-8-3-4-10(14)7-11(8)13-6-5-12(15)9(2)16-13/h3-4,7,9,12-13,16H,5-6,14-15H2,1-2H3. The van der Waals surface area contributed by atoms with Gasteiger partial charge >= 0.3 is 0 Å². The van der Waals surface area contributed by atoms with Crippen molar-refractivity contribution in [3.63, 3.8) is 0 Å². The second-order valence-electron chi connectivity index (χ2n) is 4.87. The summed E-state index contributed by atoms with van der Waals surface area (Å²) in [6.07, 6.45) is 2.17. The molecule has 0 spiro atoms. The molecule has 0 radical (unpaired) electrons. The van der Waals surface area contributed by atoms with Gasteiger partial charge in [-0.3, -0.25) is 0 Å². The number of aryl methyl sites for hydroxylation is 1. The third-order valence-electron chi connectivity index (χ3n) is 3.57. The average Bonchev–Trinajstić information content (AvgIpc) is 2.26. The lowest BCUT2D eigenvalue weighted by atomic mass is 9.89. The maximum absolute atomic E-state index is 6.00. The van der Waals surface area contributed by atoms with Crippen molar-refractivity contribution in [3.05, 3.63) is 29.3 Å². The molecule has 1 aliphatic heterocycles. The number of nitrogen functional groups attached to an aromatic ring is 1. The molecule has 0 saturated carbocycles. The van der Waals surface area contributed by atoms with Gasteiger partial charge < -0.3 is 16.8 Å². The molecule has 1 saturated heterocycles. The molecule has 2 rings (SSSR count). The van der Waals surface area contributed by atoms with Gasteiger partial charge in [0.15, 0.2) is 0 Å². The molecule has 16 heavy (non-hydrogen) atoms. The van der Waals surface area contributed by atoms with Gasteiger partial charge in [-0.25, -0.2) is 0 Å². The minimum absolute atomic E-state index is 0.276. The molecule has 5 N–H and O–H groups in total. The fraction of sp³-hybridized carbons (Fsp3) is 0.538. The zero-order chi connectivity index (χ0) is 11.7. The number of piperidine rings is 1. The summed E-state index contributed by atoms with van der Waals surface area (Å²) in [5.74, 6) is 0. The number of nitrogens with one attached hydrogen (secondary N) is 1. The number of hydrogen-bond donors (Lipinski definition) is 3. The Bertz CT molecular complexity index is 375. The molecular weight excluding hydrogens is 198 g/mol. The van der Waals surface area contributed by atoms with Gasteiger partial charge in [-0.2, -0.15) is 0 Å². The quantitative estimate of drug-likeness (QED) is 0.630. The van der Waals surface area contributed by atoms with Crippen LogP contribution in [0.4, 0.5) is 5.69 Å². The molecule has 1 aliphatic rings. The summed E-state index contributed by atoms with van der Waals surface area (Å²) in [5, 5.41) is 3.57. The van der Waals surface area contributed by atoms with Crippen LogP contribution >= 0.6 is 0 Å². The molecule has 3 nitrogen and oxygen atoms in total. The van der Waals surface area contributed by atoms with Crippen molar-refractivity contribution in [1.82, 2.24) is 5.32 Å². The van der Waals surface area contributed by atoms with Crippen molar-refractivity contribution in [2.24, 2.45) is 5.73 Å². The number of nitrogens with two attached hydrogens (primary N) is 2. The van der Waals surface area contributed by atoms with Crippen molar-refractivity contribution in [1.29, 1.82) is 0 Å². The fourth-order valence-electron chi connectivity index (χ4n) is 2.41. The molecule has 88 valence electrons. The van der Waals surface area contributed by atoms with Crippen LogP contribution in [-0.4, -0.2) is 12.1 Å². The van der Waals surface area contributed by atoms with E-state index in [9.17, 15) is 0 Å². The Morgan fingerprint density at radius 2 is 2.06 bits per heavy atom. The maximum atomic E-state index is 6.00. The Kier molecular flexibility index (Phi) is 3.17. The highest BCUT2D eigenvalue weighted by atomic mass is 15.0. The molecule has 1 fully saturated rings. The third kappa shape index (κ3) is 2.20. The Morgan fingerprint density at radius 1 is 1.31 bits per heavy atom. The summed E-state index contributed by atoms with van der Waals surface area (Å²) in [6.45, 7) is 4.29. The molecule has 3 heteroatoms. The summed E-state index contributed by atoms with van der Waals surface area (Å²) in [5.41, 5.74) is 15.3. The minimum atomic E-state index is 0.276. The van der Waals surface area contributed by atoms with Crippen LogP contribution in [0, 0.1) is 6.92 Å². The number of hydrogen-bond acceptors (Lipinski definition) is 3. The van der Waals surface area contributed by atoms with E-state index in [0.717, 1.165) is 18.5 Å². The van der Waals surface area contributed by atoms with E-state index in [0.29, 0.717) is 12.1 Å². The first-order valence-corrected chi connectivity index (χ1v) is 5.95. The Labute approximate surface area is 97.2 Å². The summed E-state index contributed by atoms with van der Waals surface area (Å²) >= 11 is 0. The molecular formula is C13H21N3. The van der Waals surface area contributed by atoms with Gasteiger partial charge in [0, 0.05) is 23.8 Å². The Morgan fingerprint density at radius 3 is 2.75 bits per heavy atom. The zero-order valence-corrected chi connectivity index (χ0v) is 10.0. The summed E-state index contributed by atoms with van der Waals surface area (Å²) in [7, 11) is 0. The van der Waals surface area contributed by atoms with Gasteiger partial charge in [0.05, 0.1) is 0 Å². The van der Waals surface area contributed by atoms with E-state index >= 15 is 0 Å². The van der Waals surface area contributed by atoms with Crippen molar-refractivity contribution >= 4 is 5.69 Å². The van der Waals surface area contributed by atoms with Gasteiger partial charge in [-0.15, -0.1) is 0 Å². The minimum Gasteiger partial charge on any atom is -0.399 e. The van der Waals surface area contributed by atoms with Crippen molar-refractivity contribution in [2.75, 3.05) is 5.73 Å². The number of rotatable bonds is 1. The van der Waals surface area contributed by atoms with E-state index in [-0.39, 0.29) is 6.04 Å². The lowest BCUT2D eigenvalue weighted by Crippen LogP contribution is -2.48. The second kappa shape index (κ2) is 4.44. The zero-order valence-electron chi connectivity index (χ0n) is 10.0. The first-order chi connectivity index (χ1) is 7.58. The molecule has 1 aromatic rings. The van der Waals surface area contributed by atoms with Crippen LogP contribution in [0.1, 0.15) is 36.9 Å². The fourth-order valence-corrected chi connectivity index (χ4v) is 2.41. The van der Waals surface area contributed by atoms with Crippen LogP contribution in [0.2, 0.25) is 0 Å². The molecule has 0 bridgehead atoms. The van der Waals surface area contributed by atoms with Gasteiger partial charge in [0.1, 0.15) is 0 Å². The van der Waals surface area contributed by atoms with Gasteiger partial charge in [-0.05, 0) is 49.9 Å². The normalized spacial score (nSPS) is 30.3. The average molecular weight is 219 g/mol. The van der Waals surface area contributed by atoms with E-state index in [4.69, 9.17) is 11.5 Å². The predicted octanol–water partition coefficient (Wildman–Crippen LogP) is 1.72. The Hall–Kier alpha value is -1.06. The van der Waals surface area contributed by atoms with Crippen LogP contribution < -0.4 is 16.8 Å². The smallest absolute Gasteiger partial charge is 0.0327 e. The predicted molar refractivity (Wildman–Crippen MR) is 68.1 cm³/mol. The van der Waals surface area contributed by atoms with Gasteiger partial charge in [0.2, 0.25) is 0 Å². The van der Waals surface area contributed by atoms with Crippen LogP contribution in [0.3, 0.4) is 0 Å². The molecule has 1 aromatic carbocycles. The first-order valence-electron chi connectivity index (χ1n) is 5.95. The summed E-state index contributed by atoms with van der Waals surface area (Å²) in [6, 6.07) is 7.18. The van der Waals surface area contributed by atoms with Gasteiger partial charge in [0.25, 0.3) is 0 Å². The van der Waals surface area contributed by atoms with Gasteiger partial charge in [-0.1, -0.05) is 6.07 Å². The van der Waals surface area contributed by atoms with Crippen molar-refractivity contribution in [3.8, 4) is 0 Å². The highest BCUT2D eigenvalue weighted by Gasteiger charge is 2.25. The maximum Gasteiger partial charge on any atom is 0.0327 e. The largest absolute Gasteiger partial charge is 0.399 e. The van der Waals surface area contributed by atoms with Crippen LogP contribution in [0.15, 0.2) is 18.2 Å². The number of benzene rings is 1. The SMILES string of the molecule is Cc1ccc(N)cc1C1CCC(N)C(C)N1. The van der Waals surface area contributed by atoms with Crippen LogP contribution in [0.25, 0.3) is 0 Å². The molecule has 0 aliphatic carbocycles. The highest BCUT2D eigenvalue weighted by molar-refractivity contribution is 5.45.